The molecule has 0 radical (unpaired) electrons. The van der Waals surface area contributed by atoms with Crippen LogP contribution in [0.3, 0.4) is 0 Å². The Balaban J connectivity index is 0.000000188. The molecule has 1 aromatic heterocycles. The Morgan fingerprint density at radius 3 is 2.17 bits per heavy atom. The molecule has 1 N–H and O–H groups in total. The minimum atomic E-state index is -3.68. The van der Waals surface area contributed by atoms with Crippen molar-refractivity contribution in [3.8, 4) is 0 Å². The van der Waals surface area contributed by atoms with Crippen molar-refractivity contribution in [2.24, 2.45) is 0 Å². The molecule has 23 heavy (non-hydrogen) atoms. The molecular weight excluding hydrogens is 314 g/mol. The summed E-state index contributed by atoms with van der Waals surface area (Å²) >= 11 is 0. The van der Waals surface area contributed by atoms with Gasteiger partial charge in [-0.15, -0.1) is 0 Å². The number of rotatable bonds is 4. The highest BCUT2D eigenvalue weighted by Gasteiger charge is 2.07. The first-order valence-corrected chi connectivity index (χ1v) is 8.81. The van der Waals surface area contributed by atoms with Crippen molar-refractivity contribution >= 4 is 32.2 Å². The van der Waals surface area contributed by atoms with E-state index in [1.165, 1.54) is 27.4 Å². The Hall–Kier alpha value is -1.89. The van der Waals surface area contributed by atoms with Crippen LogP contribution in [0.25, 0.3) is 21.8 Å². The molecule has 1 heterocycles. The van der Waals surface area contributed by atoms with E-state index in [0.29, 0.717) is 0 Å². The van der Waals surface area contributed by atoms with Gasteiger partial charge in [0, 0.05) is 21.8 Å². The zero-order valence-corrected chi connectivity index (χ0v) is 14.3. The number of benzene rings is 2. The van der Waals surface area contributed by atoms with E-state index in [9.17, 15) is 8.42 Å². The van der Waals surface area contributed by atoms with E-state index in [1.807, 2.05) is 0 Å². The molecule has 5 nitrogen and oxygen atoms in total. The first-order valence-electron chi connectivity index (χ1n) is 7.47. The summed E-state index contributed by atoms with van der Waals surface area (Å²) in [5.74, 6) is 0. The minimum absolute atomic E-state index is 0.113. The molecule has 0 atom stereocenters. The molecule has 0 aliphatic heterocycles. The van der Waals surface area contributed by atoms with Crippen LogP contribution in [-0.2, 0) is 18.8 Å². The van der Waals surface area contributed by atoms with Crippen LogP contribution in [0.1, 0.15) is 19.4 Å². The van der Waals surface area contributed by atoms with Gasteiger partial charge in [0.25, 0.3) is 0 Å². The van der Waals surface area contributed by atoms with Crippen LogP contribution in [0.5, 0.6) is 0 Å². The molecule has 0 fully saturated rings. The molecule has 0 spiro atoms. The Labute approximate surface area is 136 Å². The van der Waals surface area contributed by atoms with Crippen LogP contribution in [-0.4, -0.2) is 26.6 Å². The van der Waals surface area contributed by atoms with Crippen LogP contribution in [0.4, 0.5) is 0 Å². The molecule has 0 saturated carbocycles. The molecule has 0 saturated heterocycles. The van der Waals surface area contributed by atoms with Gasteiger partial charge < -0.3 is 4.98 Å². The summed E-state index contributed by atoms with van der Waals surface area (Å²) in [7, 11) is -3.68. The van der Waals surface area contributed by atoms with E-state index in [0.717, 1.165) is 0 Å². The topological polar surface area (TPSA) is 68.4 Å². The van der Waals surface area contributed by atoms with Gasteiger partial charge in [-0.3, -0.25) is 0 Å². The highest BCUT2D eigenvalue weighted by atomic mass is 32.3. The van der Waals surface area contributed by atoms with Gasteiger partial charge >= 0.3 is 10.4 Å². The molecule has 0 unspecified atom stereocenters. The maximum atomic E-state index is 10.4. The van der Waals surface area contributed by atoms with Gasteiger partial charge in [0.1, 0.15) is 0 Å². The van der Waals surface area contributed by atoms with Gasteiger partial charge in [0.15, 0.2) is 0 Å². The van der Waals surface area contributed by atoms with Crippen molar-refractivity contribution in [3.63, 3.8) is 0 Å². The molecule has 3 aromatic rings. The van der Waals surface area contributed by atoms with Gasteiger partial charge in [0.05, 0.1) is 13.2 Å². The van der Waals surface area contributed by atoms with E-state index in [2.05, 4.69) is 62.7 Å². The predicted octanol–water partition coefficient (Wildman–Crippen LogP) is 3.93. The number of nitrogens with one attached hydrogen (secondary N) is 1. The summed E-state index contributed by atoms with van der Waals surface area (Å²) in [5, 5.41) is 2.62. The van der Waals surface area contributed by atoms with E-state index in [-0.39, 0.29) is 13.2 Å². The van der Waals surface area contributed by atoms with E-state index < -0.39 is 10.4 Å². The molecule has 2 aromatic carbocycles. The smallest absolute Gasteiger partial charge is 0.355 e. The Bertz CT molecular complexity index is 872. The van der Waals surface area contributed by atoms with E-state index >= 15 is 0 Å². The lowest BCUT2D eigenvalue weighted by Gasteiger charge is -1.99. The number of hydrogen-bond acceptors (Lipinski definition) is 4. The van der Waals surface area contributed by atoms with Crippen molar-refractivity contribution in [2.45, 2.75) is 20.8 Å². The maximum absolute atomic E-state index is 10.4. The lowest BCUT2D eigenvalue weighted by Crippen LogP contribution is -2.09. The molecular formula is C17H21NO4S. The Kier molecular flexibility index (Phi) is 5.76. The summed E-state index contributed by atoms with van der Waals surface area (Å²) in [6.07, 6.45) is 0. The summed E-state index contributed by atoms with van der Waals surface area (Å²) in [6.45, 7) is 5.50. The fourth-order valence-electron chi connectivity index (χ4n) is 2.29. The van der Waals surface area contributed by atoms with Crippen LogP contribution >= 0.6 is 0 Å². The van der Waals surface area contributed by atoms with Gasteiger partial charge in [-0.05, 0) is 38.5 Å². The fraction of sp³-hybridized carbons (Fsp3) is 0.294. The molecule has 6 heteroatoms. The second kappa shape index (κ2) is 7.59. The molecule has 3 rings (SSSR count). The highest BCUT2D eigenvalue weighted by molar-refractivity contribution is 7.81. The lowest BCUT2D eigenvalue weighted by atomic mass is 10.1. The number of aromatic nitrogens is 1. The zero-order chi connectivity index (χ0) is 16.9. The minimum Gasteiger partial charge on any atom is -0.355 e. The number of fused-ring (bicyclic) bond motifs is 3. The van der Waals surface area contributed by atoms with E-state index in [4.69, 9.17) is 0 Å². The average molecular weight is 335 g/mol. The third-order valence-corrected chi connectivity index (χ3v) is 4.23. The summed E-state index contributed by atoms with van der Waals surface area (Å²) < 4.78 is 29.2. The molecule has 0 aliphatic carbocycles. The largest absolute Gasteiger partial charge is 0.399 e. The predicted molar refractivity (Wildman–Crippen MR) is 92.7 cm³/mol. The van der Waals surface area contributed by atoms with Crippen molar-refractivity contribution < 1.29 is 16.8 Å². The van der Waals surface area contributed by atoms with Gasteiger partial charge in [-0.1, -0.05) is 30.3 Å². The lowest BCUT2D eigenvalue weighted by molar-refractivity contribution is 0.231. The first-order chi connectivity index (χ1) is 11.0. The Morgan fingerprint density at radius 2 is 1.52 bits per heavy atom. The monoisotopic (exact) mass is 335 g/mol. The van der Waals surface area contributed by atoms with Crippen molar-refractivity contribution in [1.82, 2.24) is 4.98 Å². The normalized spacial score (nSPS) is 11.4. The summed E-state index contributed by atoms with van der Waals surface area (Å²) in [6, 6.07) is 14.9. The fourth-order valence-corrected chi connectivity index (χ4v) is 2.94. The van der Waals surface area contributed by atoms with Crippen molar-refractivity contribution in [3.05, 3.63) is 48.0 Å². The molecule has 0 aliphatic rings. The van der Waals surface area contributed by atoms with Gasteiger partial charge in [0.2, 0.25) is 0 Å². The van der Waals surface area contributed by atoms with Gasteiger partial charge in [-0.25, -0.2) is 8.37 Å². The summed E-state index contributed by atoms with van der Waals surface area (Å²) in [4.78, 5) is 3.42. The summed E-state index contributed by atoms with van der Waals surface area (Å²) in [5.41, 5.74) is 3.74. The van der Waals surface area contributed by atoms with Crippen LogP contribution < -0.4 is 0 Å². The number of H-pyrrole nitrogens is 1. The first kappa shape index (κ1) is 17.5. The number of hydrogen-bond donors (Lipinski definition) is 1. The highest BCUT2D eigenvalue weighted by Crippen LogP contribution is 2.25. The quantitative estimate of drug-likeness (QED) is 0.784. The number of aryl methyl sites for hydroxylation is 1. The second-order valence-electron chi connectivity index (χ2n) is 4.94. The third-order valence-electron chi connectivity index (χ3n) is 3.19. The zero-order valence-electron chi connectivity index (χ0n) is 13.5. The number of aromatic amines is 1. The molecule has 0 bridgehead atoms. The maximum Gasteiger partial charge on any atom is 0.399 e. The third kappa shape index (κ3) is 4.54. The van der Waals surface area contributed by atoms with Crippen LogP contribution in [0.15, 0.2) is 42.5 Å². The Morgan fingerprint density at radius 1 is 0.913 bits per heavy atom. The van der Waals surface area contributed by atoms with E-state index in [1.54, 1.807) is 13.8 Å². The molecule has 124 valence electrons. The van der Waals surface area contributed by atoms with Crippen LogP contribution in [0.2, 0.25) is 0 Å². The average Bonchev–Trinajstić information content (AvgIpc) is 2.85. The van der Waals surface area contributed by atoms with Crippen LogP contribution in [0, 0.1) is 6.92 Å². The number of para-hydroxylation sites is 1. The van der Waals surface area contributed by atoms with Gasteiger partial charge in [-0.2, -0.15) is 8.42 Å². The second-order valence-corrected chi connectivity index (χ2v) is 6.23. The van der Waals surface area contributed by atoms with Crippen molar-refractivity contribution in [1.29, 1.82) is 0 Å². The SMILES string of the molecule is CCOS(=O)(=O)OCC.Cc1ccc2c(c1)[nH]c1ccccc12. The standard InChI is InChI=1S/C13H11N.C4H10O4S/c1-9-6-7-11-10-4-2-3-5-12(10)14-13(11)8-9;1-3-7-9(5,6)8-4-2/h2-8,14H,1H3;3-4H2,1-2H3. The van der Waals surface area contributed by atoms with Crippen molar-refractivity contribution in [2.75, 3.05) is 13.2 Å². The molecule has 0 amide bonds.